The van der Waals surface area contributed by atoms with E-state index in [1.165, 1.54) is 4.90 Å². The van der Waals surface area contributed by atoms with Gasteiger partial charge in [0.2, 0.25) is 0 Å². The number of rotatable bonds is 3. The number of halogens is 1. The number of amides is 1. The summed E-state index contributed by atoms with van der Waals surface area (Å²) in [6.07, 6.45) is -0.759. The average molecular weight is 400 g/mol. The van der Waals surface area contributed by atoms with E-state index in [0.717, 1.165) is 22.5 Å². The van der Waals surface area contributed by atoms with Crippen LogP contribution >= 0.6 is 11.6 Å². The number of aliphatic hydroxyl groups is 1. The molecule has 0 aliphatic heterocycles. The molecule has 0 saturated heterocycles. The first-order valence-corrected chi connectivity index (χ1v) is 9.46. The molecule has 0 fully saturated rings. The molecule has 28 heavy (non-hydrogen) atoms. The number of aryl methyl sites for hydroxylation is 2. The van der Waals surface area contributed by atoms with Gasteiger partial charge in [0.15, 0.2) is 6.10 Å². The second-order valence-electron chi connectivity index (χ2n) is 7.41. The maximum absolute atomic E-state index is 12.6. The van der Waals surface area contributed by atoms with Crippen molar-refractivity contribution < 1.29 is 14.6 Å². The van der Waals surface area contributed by atoms with Crippen molar-refractivity contribution in [2.45, 2.75) is 25.6 Å². The molecule has 0 saturated carbocycles. The monoisotopic (exact) mass is 399 g/mol. The molecule has 146 valence electrons. The number of hydrogen-bond donors (Lipinski definition) is 1. The molecule has 2 aromatic carbocycles. The first-order valence-electron chi connectivity index (χ1n) is 9.08. The summed E-state index contributed by atoms with van der Waals surface area (Å²) in [6.45, 7) is 1.90. The molecule has 0 radical (unpaired) electrons. The molecular weight excluding hydrogens is 378 g/mol. The first-order chi connectivity index (χ1) is 13.3. The van der Waals surface area contributed by atoms with Crippen LogP contribution in [-0.2, 0) is 13.5 Å². The van der Waals surface area contributed by atoms with Crippen molar-refractivity contribution in [1.82, 2.24) is 14.5 Å². The summed E-state index contributed by atoms with van der Waals surface area (Å²) >= 11 is 6.09. The molecule has 7 heteroatoms. The first kappa shape index (κ1) is 18.8. The lowest BCUT2D eigenvalue weighted by molar-refractivity contribution is 0.0503. The molecule has 4 rings (SSSR count). The number of imidazole rings is 1. The third-order valence-corrected chi connectivity index (χ3v) is 5.51. The zero-order valence-corrected chi connectivity index (χ0v) is 17.0. The molecule has 0 spiro atoms. The van der Waals surface area contributed by atoms with Crippen molar-refractivity contribution in [2.24, 2.45) is 7.05 Å². The van der Waals surface area contributed by atoms with Crippen molar-refractivity contribution >= 4 is 28.5 Å². The minimum Gasteiger partial charge on any atom is -0.481 e. The van der Waals surface area contributed by atoms with Crippen LogP contribution < -0.4 is 4.74 Å². The van der Waals surface area contributed by atoms with Crippen molar-refractivity contribution in [1.29, 1.82) is 0 Å². The van der Waals surface area contributed by atoms with E-state index in [9.17, 15) is 9.90 Å². The highest BCUT2D eigenvalue weighted by molar-refractivity contribution is 6.30. The molecule has 1 amide bonds. The second-order valence-corrected chi connectivity index (χ2v) is 7.85. The summed E-state index contributed by atoms with van der Waals surface area (Å²) in [5.74, 6) is 1.18. The second kappa shape index (κ2) is 6.79. The quantitative estimate of drug-likeness (QED) is 0.734. The number of fused-ring (bicyclic) bond motifs is 2. The third-order valence-electron chi connectivity index (χ3n) is 5.27. The van der Waals surface area contributed by atoms with Crippen LogP contribution in [0.15, 0.2) is 30.3 Å². The fourth-order valence-corrected chi connectivity index (χ4v) is 3.89. The molecule has 2 unspecified atom stereocenters. The number of aromatic nitrogens is 2. The lowest BCUT2D eigenvalue weighted by Gasteiger charge is -2.20. The number of nitrogens with zero attached hydrogens (tertiary/aromatic N) is 3. The van der Waals surface area contributed by atoms with E-state index in [-0.39, 0.29) is 5.91 Å². The molecule has 1 aromatic heterocycles. The van der Waals surface area contributed by atoms with Gasteiger partial charge in [-0.15, -0.1) is 0 Å². The summed E-state index contributed by atoms with van der Waals surface area (Å²) in [5, 5.41) is 11.2. The fraction of sp³-hybridized carbons (Fsp3) is 0.333. The highest BCUT2D eigenvalue weighted by Gasteiger charge is 2.34. The largest absolute Gasteiger partial charge is 0.481 e. The fourth-order valence-electron chi connectivity index (χ4n) is 3.69. The van der Waals surface area contributed by atoms with Gasteiger partial charge in [0.25, 0.3) is 5.91 Å². The Balaban J connectivity index is 1.82. The van der Waals surface area contributed by atoms with E-state index in [4.69, 9.17) is 16.3 Å². The van der Waals surface area contributed by atoms with Crippen molar-refractivity contribution in [3.8, 4) is 5.75 Å². The standard InChI is InChI=1S/C21H22ClN3O3/c1-11-23-19-16(25(11)4)8-13(21(27)24(2)3)10-18(19)28-20-15-6-5-14(22)7-12(15)9-17(20)26/h5-8,10,17,20,26H,9H2,1-4H3. The van der Waals surface area contributed by atoms with Crippen molar-refractivity contribution in [3.05, 3.63) is 57.9 Å². The van der Waals surface area contributed by atoms with Crippen LogP contribution in [0.25, 0.3) is 11.0 Å². The molecule has 1 aliphatic carbocycles. The van der Waals surface area contributed by atoms with E-state index >= 15 is 0 Å². The Hall–Kier alpha value is -2.57. The van der Waals surface area contributed by atoms with Gasteiger partial charge in [-0.3, -0.25) is 4.79 Å². The van der Waals surface area contributed by atoms with Gasteiger partial charge in [-0.25, -0.2) is 4.98 Å². The van der Waals surface area contributed by atoms with Crippen LogP contribution in [0.3, 0.4) is 0 Å². The Kier molecular flexibility index (Phi) is 4.56. The Morgan fingerprint density at radius 3 is 2.79 bits per heavy atom. The van der Waals surface area contributed by atoms with Crippen LogP contribution in [0.2, 0.25) is 5.02 Å². The lowest BCUT2D eigenvalue weighted by Crippen LogP contribution is -2.22. The minimum absolute atomic E-state index is 0.121. The van der Waals surface area contributed by atoms with Gasteiger partial charge >= 0.3 is 0 Å². The molecule has 6 nitrogen and oxygen atoms in total. The van der Waals surface area contributed by atoms with Crippen LogP contribution in [0, 0.1) is 6.92 Å². The molecule has 1 aliphatic rings. The maximum Gasteiger partial charge on any atom is 0.253 e. The van der Waals surface area contributed by atoms with E-state index in [2.05, 4.69) is 4.98 Å². The number of carbonyl (C=O) groups excluding carboxylic acids is 1. The molecule has 3 aromatic rings. The maximum atomic E-state index is 12.6. The van der Waals surface area contributed by atoms with Gasteiger partial charge in [0.1, 0.15) is 17.1 Å². The zero-order chi connectivity index (χ0) is 20.2. The number of hydrogen-bond acceptors (Lipinski definition) is 4. The summed E-state index contributed by atoms with van der Waals surface area (Å²) in [6, 6.07) is 9.06. The molecule has 1 N–H and O–H groups in total. The van der Waals surface area contributed by atoms with E-state index in [1.807, 2.05) is 36.7 Å². The van der Waals surface area contributed by atoms with Gasteiger partial charge in [0.05, 0.1) is 11.6 Å². The van der Waals surface area contributed by atoms with E-state index < -0.39 is 12.2 Å². The Labute approximate surface area is 168 Å². The zero-order valence-electron chi connectivity index (χ0n) is 16.2. The van der Waals surface area contributed by atoms with Gasteiger partial charge < -0.3 is 19.3 Å². The number of carbonyl (C=O) groups is 1. The Bertz CT molecular complexity index is 1090. The summed E-state index contributed by atoms with van der Waals surface area (Å²) in [4.78, 5) is 18.7. The molecular formula is C21H22ClN3O3. The van der Waals surface area contributed by atoms with Crippen LogP contribution in [0.5, 0.6) is 5.75 Å². The lowest BCUT2D eigenvalue weighted by atomic mass is 10.1. The van der Waals surface area contributed by atoms with Crippen molar-refractivity contribution in [2.75, 3.05) is 14.1 Å². The summed E-state index contributed by atoms with van der Waals surface area (Å²) in [7, 11) is 5.32. The third kappa shape index (κ3) is 3.02. The average Bonchev–Trinajstić information content (AvgIpc) is 3.10. The molecule has 2 atom stereocenters. The topological polar surface area (TPSA) is 67.6 Å². The Morgan fingerprint density at radius 2 is 2.07 bits per heavy atom. The predicted molar refractivity (Wildman–Crippen MR) is 108 cm³/mol. The van der Waals surface area contributed by atoms with Crippen LogP contribution in [-0.4, -0.2) is 45.7 Å². The van der Waals surface area contributed by atoms with Crippen LogP contribution in [0.4, 0.5) is 0 Å². The van der Waals surface area contributed by atoms with E-state index in [1.54, 1.807) is 26.2 Å². The minimum atomic E-state index is -0.693. The predicted octanol–water partition coefficient (Wildman–Crippen LogP) is 3.27. The number of aliphatic hydroxyl groups excluding tert-OH is 1. The van der Waals surface area contributed by atoms with E-state index in [0.29, 0.717) is 28.3 Å². The van der Waals surface area contributed by atoms with Crippen molar-refractivity contribution in [3.63, 3.8) is 0 Å². The van der Waals surface area contributed by atoms with Gasteiger partial charge in [-0.05, 0) is 42.3 Å². The highest BCUT2D eigenvalue weighted by Crippen LogP contribution is 2.39. The number of benzene rings is 2. The van der Waals surface area contributed by atoms with Gasteiger partial charge in [-0.2, -0.15) is 0 Å². The highest BCUT2D eigenvalue weighted by atomic mass is 35.5. The Morgan fingerprint density at radius 1 is 1.32 bits per heavy atom. The molecule has 0 bridgehead atoms. The SMILES string of the molecule is Cc1nc2c(OC3c4ccc(Cl)cc4CC3O)cc(C(=O)N(C)C)cc2n1C. The van der Waals surface area contributed by atoms with Crippen LogP contribution in [0.1, 0.15) is 33.4 Å². The number of ether oxygens (including phenoxy) is 1. The smallest absolute Gasteiger partial charge is 0.253 e. The summed E-state index contributed by atoms with van der Waals surface area (Å²) < 4.78 is 8.19. The summed E-state index contributed by atoms with van der Waals surface area (Å²) in [5.41, 5.74) is 3.87. The van der Waals surface area contributed by atoms with Gasteiger partial charge in [0, 0.05) is 38.1 Å². The normalized spacial score (nSPS) is 18.4. The van der Waals surface area contributed by atoms with Gasteiger partial charge in [-0.1, -0.05) is 17.7 Å². The molecule has 1 heterocycles.